The van der Waals surface area contributed by atoms with Gasteiger partial charge >= 0.3 is 6.03 Å². The van der Waals surface area contributed by atoms with E-state index in [0.717, 1.165) is 12.1 Å². The Hall–Kier alpha value is -1.94. The third-order valence-corrected chi connectivity index (χ3v) is 7.82. The molecule has 1 aromatic heterocycles. The highest BCUT2D eigenvalue weighted by Crippen LogP contribution is 2.19. The number of benzene rings is 1. The standard InChI is InChI=1S/C20H28N4O3S2/c1-23(2)15-17-7-4-3-6-16(17)14-21-20(25)24-11-9-18(10-12-24)22-29(26,27)19-8-5-13-28-19/h3-8,13,18,22H,9-12,14-15H2,1-2H3,(H,21,25). The minimum absolute atomic E-state index is 0.107. The van der Waals surface area contributed by atoms with Gasteiger partial charge in [0.2, 0.25) is 10.0 Å². The van der Waals surface area contributed by atoms with Gasteiger partial charge in [-0.15, -0.1) is 11.3 Å². The van der Waals surface area contributed by atoms with E-state index >= 15 is 0 Å². The molecule has 1 aliphatic rings. The smallest absolute Gasteiger partial charge is 0.317 e. The summed E-state index contributed by atoms with van der Waals surface area (Å²) in [6.07, 6.45) is 1.21. The van der Waals surface area contributed by atoms with Crippen LogP contribution < -0.4 is 10.0 Å². The minimum atomic E-state index is -3.47. The van der Waals surface area contributed by atoms with E-state index in [1.807, 2.05) is 32.3 Å². The number of likely N-dealkylation sites (tertiary alicyclic amines) is 1. The predicted molar refractivity (Wildman–Crippen MR) is 115 cm³/mol. The topological polar surface area (TPSA) is 81.8 Å². The van der Waals surface area contributed by atoms with Crippen LogP contribution in [-0.2, 0) is 23.1 Å². The normalized spacial score (nSPS) is 15.6. The summed E-state index contributed by atoms with van der Waals surface area (Å²) in [4.78, 5) is 16.4. The fraction of sp³-hybridized carbons (Fsp3) is 0.450. The van der Waals surface area contributed by atoms with E-state index in [4.69, 9.17) is 0 Å². The Labute approximate surface area is 176 Å². The van der Waals surface area contributed by atoms with E-state index in [9.17, 15) is 13.2 Å². The van der Waals surface area contributed by atoms with Gasteiger partial charge in [0.1, 0.15) is 4.21 Å². The molecule has 2 heterocycles. The van der Waals surface area contributed by atoms with Crippen molar-refractivity contribution < 1.29 is 13.2 Å². The van der Waals surface area contributed by atoms with Crippen LogP contribution in [0.2, 0.25) is 0 Å². The highest BCUT2D eigenvalue weighted by Gasteiger charge is 2.27. The molecule has 1 aromatic carbocycles. The average Bonchev–Trinajstić information content (AvgIpc) is 3.23. The van der Waals surface area contributed by atoms with Crippen molar-refractivity contribution in [3.8, 4) is 0 Å². The summed E-state index contributed by atoms with van der Waals surface area (Å²) in [5.41, 5.74) is 2.30. The second kappa shape index (κ2) is 9.71. The van der Waals surface area contributed by atoms with Crippen molar-refractivity contribution in [2.24, 2.45) is 0 Å². The monoisotopic (exact) mass is 436 g/mol. The molecule has 0 radical (unpaired) electrons. The van der Waals surface area contributed by atoms with Crippen LogP contribution in [0.5, 0.6) is 0 Å². The second-order valence-electron chi connectivity index (χ2n) is 7.48. The number of urea groups is 1. The molecule has 3 rings (SSSR count). The van der Waals surface area contributed by atoms with Gasteiger partial charge in [0.25, 0.3) is 0 Å². The molecular weight excluding hydrogens is 408 g/mol. The fourth-order valence-electron chi connectivity index (χ4n) is 3.40. The predicted octanol–water partition coefficient (Wildman–Crippen LogP) is 2.46. The van der Waals surface area contributed by atoms with Gasteiger partial charge in [-0.1, -0.05) is 30.3 Å². The summed E-state index contributed by atoms with van der Waals surface area (Å²) in [5.74, 6) is 0. The van der Waals surface area contributed by atoms with Crippen LogP contribution in [0.3, 0.4) is 0 Å². The molecule has 0 atom stereocenters. The van der Waals surface area contributed by atoms with E-state index in [-0.39, 0.29) is 12.1 Å². The molecular formula is C20H28N4O3S2. The SMILES string of the molecule is CN(C)Cc1ccccc1CNC(=O)N1CCC(NS(=O)(=O)c2cccs2)CC1. The first-order chi connectivity index (χ1) is 13.8. The Morgan fingerprint density at radius 2 is 1.83 bits per heavy atom. The Morgan fingerprint density at radius 3 is 2.45 bits per heavy atom. The summed E-state index contributed by atoms with van der Waals surface area (Å²) in [5, 5.41) is 4.75. The molecule has 158 valence electrons. The first-order valence-electron chi connectivity index (χ1n) is 9.65. The first-order valence-corrected chi connectivity index (χ1v) is 12.0. The van der Waals surface area contributed by atoms with Crippen molar-refractivity contribution in [3.05, 3.63) is 52.9 Å². The van der Waals surface area contributed by atoms with E-state index < -0.39 is 10.0 Å². The number of carbonyl (C=O) groups excluding carboxylic acids is 1. The maximum absolute atomic E-state index is 12.6. The molecule has 0 spiro atoms. The van der Waals surface area contributed by atoms with Crippen molar-refractivity contribution in [1.29, 1.82) is 0 Å². The van der Waals surface area contributed by atoms with Gasteiger partial charge in [0.05, 0.1) is 0 Å². The fourth-order valence-corrected chi connectivity index (χ4v) is 5.72. The zero-order valence-corrected chi connectivity index (χ0v) is 18.4. The molecule has 2 N–H and O–H groups in total. The number of thiophene rings is 1. The first kappa shape index (κ1) is 21.8. The summed E-state index contributed by atoms with van der Waals surface area (Å²) in [6, 6.07) is 11.2. The highest BCUT2D eigenvalue weighted by atomic mass is 32.2. The zero-order chi connectivity index (χ0) is 20.9. The maximum Gasteiger partial charge on any atom is 0.317 e. The van der Waals surface area contributed by atoms with Crippen LogP contribution in [0.15, 0.2) is 46.0 Å². The van der Waals surface area contributed by atoms with Crippen molar-refractivity contribution >= 4 is 27.4 Å². The molecule has 9 heteroatoms. The molecule has 0 saturated carbocycles. The second-order valence-corrected chi connectivity index (χ2v) is 10.4. The van der Waals surface area contributed by atoms with E-state index in [2.05, 4.69) is 21.0 Å². The molecule has 2 amide bonds. The third-order valence-electron chi connectivity index (χ3n) is 4.90. The average molecular weight is 437 g/mol. The van der Waals surface area contributed by atoms with Crippen LogP contribution >= 0.6 is 11.3 Å². The van der Waals surface area contributed by atoms with Crippen LogP contribution in [0.4, 0.5) is 4.79 Å². The highest BCUT2D eigenvalue weighted by molar-refractivity contribution is 7.91. The lowest BCUT2D eigenvalue weighted by Crippen LogP contribution is -2.49. The number of sulfonamides is 1. The van der Waals surface area contributed by atoms with Crippen LogP contribution in [0.25, 0.3) is 0 Å². The molecule has 1 saturated heterocycles. The minimum Gasteiger partial charge on any atom is -0.334 e. The Kier molecular flexibility index (Phi) is 7.28. The Balaban J connectivity index is 1.48. The van der Waals surface area contributed by atoms with Crippen LogP contribution in [0, 0.1) is 0 Å². The molecule has 2 aromatic rings. The zero-order valence-electron chi connectivity index (χ0n) is 16.8. The van der Waals surface area contributed by atoms with Crippen molar-refractivity contribution in [3.63, 3.8) is 0 Å². The van der Waals surface area contributed by atoms with E-state index in [1.54, 1.807) is 22.4 Å². The van der Waals surface area contributed by atoms with Crippen LogP contribution in [0.1, 0.15) is 24.0 Å². The number of amides is 2. The molecule has 0 bridgehead atoms. The largest absolute Gasteiger partial charge is 0.334 e. The van der Waals surface area contributed by atoms with Gasteiger partial charge in [-0.2, -0.15) is 0 Å². The van der Waals surface area contributed by atoms with Gasteiger partial charge in [-0.25, -0.2) is 17.9 Å². The number of rotatable bonds is 7. The molecule has 1 fully saturated rings. The van der Waals surface area contributed by atoms with Crippen molar-refractivity contribution in [1.82, 2.24) is 19.8 Å². The lowest BCUT2D eigenvalue weighted by atomic mass is 10.1. The number of carbonyl (C=O) groups is 1. The van der Waals surface area contributed by atoms with Crippen molar-refractivity contribution in [2.45, 2.75) is 36.2 Å². The summed E-state index contributed by atoms with van der Waals surface area (Å²) < 4.78 is 27.8. The lowest BCUT2D eigenvalue weighted by molar-refractivity contribution is 0.179. The molecule has 29 heavy (non-hydrogen) atoms. The lowest BCUT2D eigenvalue weighted by Gasteiger charge is -2.32. The van der Waals surface area contributed by atoms with Gasteiger partial charge in [0, 0.05) is 32.2 Å². The summed E-state index contributed by atoms with van der Waals surface area (Å²) >= 11 is 1.21. The van der Waals surface area contributed by atoms with Crippen LogP contribution in [-0.4, -0.2) is 57.5 Å². The van der Waals surface area contributed by atoms with Gasteiger partial charge in [-0.05, 0) is 49.5 Å². The molecule has 0 aliphatic carbocycles. The molecule has 7 nitrogen and oxygen atoms in total. The number of piperidine rings is 1. The summed E-state index contributed by atoms with van der Waals surface area (Å²) in [6.45, 7) is 2.36. The number of nitrogens with one attached hydrogen (secondary N) is 2. The Morgan fingerprint density at radius 1 is 1.14 bits per heavy atom. The van der Waals surface area contributed by atoms with Gasteiger partial charge in [0.15, 0.2) is 0 Å². The van der Waals surface area contributed by atoms with Gasteiger partial charge < -0.3 is 15.1 Å². The molecule has 1 aliphatic heterocycles. The summed E-state index contributed by atoms with van der Waals surface area (Å²) in [7, 11) is 0.570. The van der Waals surface area contributed by atoms with E-state index in [0.29, 0.717) is 36.7 Å². The van der Waals surface area contributed by atoms with Crippen molar-refractivity contribution in [2.75, 3.05) is 27.2 Å². The quantitative estimate of drug-likeness (QED) is 0.699. The Bertz CT molecular complexity index is 906. The number of hydrogen-bond donors (Lipinski definition) is 2. The third kappa shape index (κ3) is 6.02. The van der Waals surface area contributed by atoms with E-state index in [1.165, 1.54) is 16.9 Å². The number of hydrogen-bond acceptors (Lipinski definition) is 5. The van der Waals surface area contributed by atoms with Gasteiger partial charge in [-0.3, -0.25) is 0 Å². The maximum atomic E-state index is 12.6. The molecule has 0 unspecified atom stereocenters. The number of nitrogens with zero attached hydrogens (tertiary/aromatic N) is 2.